The third-order valence-electron chi connectivity index (χ3n) is 5.49. The number of rotatable bonds is 14. The number of benzene rings is 3. The molecule has 3 rings (SSSR count). The lowest BCUT2D eigenvalue weighted by Gasteiger charge is -2.12. The molecule has 0 fully saturated rings. The maximum atomic E-state index is 12.6. The zero-order chi connectivity index (χ0) is 25.6. The number of hydrogen-bond acceptors (Lipinski definition) is 6. The molecule has 0 unspecified atom stereocenters. The Morgan fingerprint density at radius 1 is 0.833 bits per heavy atom. The molecule has 190 valence electrons. The van der Waals surface area contributed by atoms with Crippen LogP contribution >= 0.6 is 0 Å². The second-order valence-corrected chi connectivity index (χ2v) is 8.16. The Morgan fingerprint density at radius 3 is 2.31 bits per heavy atom. The van der Waals surface area contributed by atoms with Gasteiger partial charge in [-0.25, -0.2) is 5.43 Å². The summed E-state index contributed by atoms with van der Waals surface area (Å²) in [6, 6.07) is 20.4. The number of carbonyl (C=O) groups excluding carboxylic acids is 1. The highest BCUT2D eigenvalue weighted by Crippen LogP contribution is 2.29. The fourth-order valence-corrected chi connectivity index (χ4v) is 3.49. The number of ether oxygens (including phenoxy) is 4. The summed E-state index contributed by atoms with van der Waals surface area (Å²) < 4.78 is 22.6. The average Bonchev–Trinajstić information content (AvgIpc) is 2.92. The van der Waals surface area contributed by atoms with E-state index in [1.54, 1.807) is 31.5 Å². The fraction of sp³-hybridized carbons (Fsp3) is 0.310. The van der Waals surface area contributed by atoms with Crippen molar-refractivity contribution in [1.29, 1.82) is 0 Å². The summed E-state index contributed by atoms with van der Waals surface area (Å²) in [4.78, 5) is 12.6. The van der Waals surface area contributed by atoms with Crippen LogP contribution < -0.4 is 24.4 Å². The number of amides is 1. The molecule has 0 aliphatic carbocycles. The molecule has 0 atom stereocenters. The van der Waals surface area contributed by atoms with Crippen LogP contribution in [0, 0.1) is 0 Å². The van der Waals surface area contributed by atoms with Crippen LogP contribution in [0.15, 0.2) is 71.8 Å². The summed E-state index contributed by atoms with van der Waals surface area (Å²) in [5, 5.41) is 4.08. The first-order valence-electron chi connectivity index (χ1n) is 12.1. The molecule has 0 aromatic heterocycles. The molecular weight excluding hydrogens is 456 g/mol. The Kier molecular flexibility index (Phi) is 10.6. The largest absolute Gasteiger partial charge is 0.493 e. The second kappa shape index (κ2) is 14.4. The number of unbranched alkanes of at least 4 members (excludes halogenated alkanes) is 3. The third kappa shape index (κ3) is 8.05. The van der Waals surface area contributed by atoms with E-state index < -0.39 is 0 Å². The summed E-state index contributed by atoms with van der Waals surface area (Å²) in [6.07, 6.45) is 6.12. The molecule has 1 N–H and O–H groups in total. The molecule has 0 saturated heterocycles. The lowest BCUT2D eigenvalue weighted by Crippen LogP contribution is -2.17. The van der Waals surface area contributed by atoms with Gasteiger partial charge in [0.2, 0.25) is 0 Å². The molecule has 3 aromatic rings. The maximum Gasteiger partial charge on any atom is 0.271 e. The highest BCUT2D eigenvalue weighted by atomic mass is 16.5. The van der Waals surface area contributed by atoms with E-state index in [1.165, 1.54) is 20.0 Å². The van der Waals surface area contributed by atoms with Gasteiger partial charge in [0.05, 0.1) is 27.0 Å². The van der Waals surface area contributed by atoms with Gasteiger partial charge in [-0.3, -0.25) is 4.79 Å². The van der Waals surface area contributed by atoms with Crippen molar-refractivity contribution in [2.75, 3.05) is 20.8 Å². The Labute approximate surface area is 213 Å². The molecule has 1 amide bonds. The zero-order valence-corrected chi connectivity index (χ0v) is 21.2. The predicted molar refractivity (Wildman–Crippen MR) is 141 cm³/mol. The Balaban J connectivity index is 1.56. The molecule has 0 radical (unpaired) electrons. The number of methoxy groups -OCH3 is 2. The average molecular weight is 491 g/mol. The molecule has 0 aliphatic rings. The number of nitrogens with one attached hydrogen (secondary N) is 1. The van der Waals surface area contributed by atoms with Crippen molar-refractivity contribution in [2.24, 2.45) is 5.10 Å². The molecule has 7 heteroatoms. The Hall–Kier alpha value is -4.00. The van der Waals surface area contributed by atoms with Crippen LogP contribution in [-0.2, 0) is 6.61 Å². The Morgan fingerprint density at radius 2 is 1.56 bits per heavy atom. The first-order valence-corrected chi connectivity index (χ1v) is 12.1. The van der Waals surface area contributed by atoms with Crippen LogP contribution in [0.25, 0.3) is 0 Å². The minimum absolute atomic E-state index is 0.363. The van der Waals surface area contributed by atoms with Crippen molar-refractivity contribution >= 4 is 12.1 Å². The van der Waals surface area contributed by atoms with Gasteiger partial charge >= 0.3 is 0 Å². The van der Waals surface area contributed by atoms with Crippen molar-refractivity contribution in [3.8, 4) is 23.0 Å². The molecular formula is C29H34N2O5. The van der Waals surface area contributed by atoms with Crippen molar-refractivity contribution in [2.45, 2.75) is 39.2 Å². The van der Waals surface area contributed by atoms with Gasteiger partial charge in [-0.15, -0.1) is 0 Å². The van der Waals surface area contributed by atoms with Gasteiger partial charge in [0, 0.05) is 5.56 Å². The minimum Gasteiger partial charge on any atom is -0.493 e. The number of carbonyl (C=O) groups is 1. The van der Waals surface area contributed by atoms with Crippen molar-refractivity contribution < 1.29 is 23.7 Å². The first kappa shape index (κ1) is 26.6. The zero-order valence-electron chi connectivity index (χ0n) is 21.2. The van der Waals surface area contributed by atoms with Crippen LogP contribution in [-0.4, -0.2) is 32.9 Å². The summed E-state index contributed by atoms with van der Waals surface area (Å²) >= 11 is 0. The molecule has 36 heavy (non-hydrogen) atoms. The number of hydrogen-bond donors (Lipinski definition) is 1. The molecule has 0 spiro atoms. The fourth-order valence-electron chi connectivity index (χ4n) is 3.49. The van der Waals surface area contributed by atoms with Gasteiger partial charge in [0.15, 0.2) is 23.0 Å². The molecule has 0 bridgehead atoms. The van der Waals surface area contributed by atoms with Crippen molar-refractivity contribution in [3.63, 3.8) is 0 Å². The summed E-state index contributed by atoms with van der Waals surface area (Å²) in [5.74, 6) is 1.98. The minimum atomic E-state index is -0.363. The van der Waals surface area contributed by atoms with Crippen LogP contribution in [0.2, 0.25) is 0 Å². The molecule has 0 heterocycles. The lowest BCUT2D eigenvalue weighted by molar-refractivity contribution is 0.0954. The van der Waals surface area contributed by atoms with Gasteiger partial charge in [0.25, 0.3) is 5.91 Å². The molecule has 3 aromatic carbocycles. The standard InChI is InChI=1S/C29H34N2O5/c1-4-5-6-10-17-35-25-15-13-23(18-27(25)33-2)20-30-31-29(32)24-14-16-26(28(19-24)34-3)36-21-22-11-8-7-9-12-22/h7-9,11-16,18-20H,4-6,10,17,21H2,1-3H3,(H,31,32)/b30-20+. The van der Waals surface area contributed by atoms with Gasteiger partial charge in [-0.1, -0.05) is 56.5 Å². The first-order chi connectivity index (χ1) is 17.6. The monoisotopic (exact) mass is 490 g/mol. The van der Waals surface area contributed by atoms with Gasteiger partial charge in [0.1, 0.15) is 6.61 Å². The highest BCUT2D eigenvalue weighted by molar-refractivity contribution is 5.95. The van der Waals surface area contributed by atoms with E-state index in [-0.39, 0.29) is 5.91 Å². The van der Waals surface area contributed by atoms with Gasteiger partial charge in [-0.2, -0.15) is 5.10 Å². The molecule has 7 nitrogen and oxygen atoms in total. The topological polar surface area (TPSA) is 78.4 Å². The predicted octanol–water partition coefficient (Wildman–Crippen LogP) is 6.01. The van der Waals surface area contributed by atoms with E-state index in [2.05, 4.69) is 17.5 Å². The van der Waals surface area contributed by atoms with Crippen LogP contribution in [0.5, 0.6) is 23.0 Å². The van der Waals surface area contributed by atoms with Gasteiger partial charge < -0.3 is 18.9 Å². The van der Waals surface area contributed by atoms with E-state index in [1.807, 2.05) is 48.5 Å². The summed E-state index contributed by atoms with van der Waals surface area (Å²) in [5.41, 5.74) is 4.76. The van der Waals surface area contributed by atoms with E-state index in [0.717, 1.165) is 24.0 Å². The SMILES string of the molecule is CCCCCCOc1ccc(/C=N/NC(=O)c2ccc(OCc3ccccc3)c(OC)c2)cc1OC. The van der Waals surface area contributed by atoms with E-state index in [4.69, 9.17) is 18.9 Å². The lowest BCUT2D eigenvalue weighted by atomic mass is 10.2. The maximum absolute atomic E-state index is 12.6. The smallest absolute Gasteiger partial charge is 0.271 e. The number of hydrazone groups is 1. The van der Waals surface area contributed by atoms with Crippen molar-refractivity contribution in [3.05, 3.63) is 83.4 Å². The number of nitrogens with zero attached hydrogens (tertiary/aromatic N) is 1. The van der Waals surface area contributed by atoms with Crippen LogP contribution in [0.4, 0.5) is 0 Å². The highest BCUT2D eigenvalue weighted by Gasteiger charge is 2.11. The molecule has 0 saturated carbocycles. The summed E-state index contributed by atoms with van der Waals surface area (Å²) in [7, 11) is 3.14. The Bertz CT molecular complexity index is 1130. The van der Waals surface area contributed by atoms with E-state index >= 15 is 0 Å². The van der Waals surface area contributed by atoms with Crippen LogP contribution in [0.1, 0.15) is 54.1 Å². The van der Waals surface area contributed by atoms with Crippen molar-refractivity contribution in [1.82, 2.24) is 5.43 Å². The summed E-state index contributed by atoms with van der Waals surface area (Å²) in [6.45, 7) is 3.24. The van der Waals surface area contributed by atoms with E-state index in [0.29, 0.717) is 41.8 Å². The van der Waals surface area contributed by atoms with E-state index in [9.17, 15) is 4.79 Å². The normalized spacial score (nSPS) is 10.8. The third-order valence-corrected chi connectivity index (χ3v) is 5.49. The van der Waals surface area contributed by atoms with Crippen LogP contribution in [0.3, 0.4) is 0 Å². The van der Waals surface area contributed by atoms with Gasteiger partial charge in [-0.05, 0) is 53.9 Å². The second-order valence-electron chi connectivity index (χ2n) is 8.16. The molecule has 0 aliphatic heterocycles. The quantitative estimate of drug-likeness (QED) is 0.170.